The summed E-state index contributed by atoms with van der Waals surface area (Å²) in [5, 5.41) is 2.56. The lowest BCUT2D eigenvalue weighted by Crippen LogP contribution is -2.38. The molecular weight excluding hydrogens is 260 g/mol. The van der Waals surface area contributed by atoms with E-state index in [9.17, 15) is 9.59 Å². The number of hydrogen-bond acceptors (Lipinski definition) is 5. The van der Waals surface area contributed by atoms with E-state index in [4.69, 9.17) is 4.74 Å². The van der Waals surface area contributed by atoms with Crippen molar-refractivity contribution in [2.24, 2.45) is 0 Å². The van der Waals surface area contributed by atoms with E-state index in [1.165, 1.54) is 7.11 Å². The van der Waals surface area contributed by atoms with Crippen molar-refractivity contribution in [3.63, 3.8) is 0 Å². The second kappa shape index (κ2) is 6.91. The number of rotatable bonds is 4. The molecule has 0 aromatic heterocycles. The van der Waals surface area contributed by atoms with Gasteiger partial charge in [-0.1, -0.05) is 12.1 Å². The summed E-state index contributed by atoms with van der Waals surface area (Å²) >= 11 is 0. The number of carbonyl (C=O) groups is 2. The molecule has 108 valence electrons. The molecule has 1 saturated heterocycles. The van der Waals surface area contributed by atoms with Gasteiger partial charge in [0.05, 0.1) is 25.9 Å². The Hall–Kier alpha value is -2.08. The molecule has 2 rings (SSSR count). The summed E-state index contributed by atoms with van der Waals surface area (Å²) in [5.74, 6) is -0.750. The summed E-state index contributed by atoms with van der Waals surface area (Å²) in [7, 11) is 1.29. The third-order valence-corrected chi connectivity index (χ3v) is 3.12. The van der Waals surface area contributed by atoms with Gasteiger partial charge < -0.3 is 19.7 Å². The predicted octanol–water partition coefficient (Wildman–Crippen LogP) is 0.426. The minimum absolute atomic E-state index is 0.132. The number of esters is 1. The quantitative estimate of drug-likeness (QED) is 0.809. The average Bonchev–Trinajstić information content (AvgIpc) is 2.53. The van der Waals surface area contributed by atoms with E-state index >= 15 is 0 Å². The van der Waals surface area contributed by atoms with Gasteiger partial charge in [0.1, 0.15) is 6.54 Å². The van der Waals surface area contributed by atoms with Gasteiger partial charge in [-0.3, -0.25) is 9.59 Å². The maximum absolute atomic E-state index is 12.2. The molecule has 1 aromatic carbocycles. The topological polar surface area (TPSA) is 67.9 Å². The van der Waals surface area contributed by atoms with Crippen LogP contribution in [0.5, 0.6) is 0 Å². The molecule has 0 spiro atoms. The fourth-order valence-corrected chi connectivity index (χ4v) is 2.07. The second-order valence-electron chi connectivity index (χ2n) is 4.38. The molecule has 0 saturated carbocycles. The van der Waals surface area contributed by atoms with Crippen LogP contribution in [-0.4, -0.2) is 51.8 Å². The number of para-hydroxylation sites is 1. The van der Waals surface area contributed by atoms with E-state index < -0.39 is 5.97 Å². The van der Waals surface area contributed by atoms with E-state index in [2.05, 4.69) is 15.0 Å². The van der Waals surface area contributed by atoms with Crippen LogP contribution in [0.1, 0.15) is 10.4 Å². The number of amides is 1. The molecule has 6 nitrogen and oxygen atoms in total. The van der Waals surface area contributed by atoms with Crippen LogP contribution in [0.2, 0.25) is 0 Å². The van der Waals surface area contributed by atoms with Gasteiger partial charge in [0, 0.05) is 18.8 Å². The molecule has 1 fully saturated rings. The van der Waals surface area contributed by atoms with Crippen molar-refractivity contribution in [1.82, 2.24) is 5.32 Å². The molecular formula is C14H18N2O4. The first-order valence-electron chi connectivity index (χ1n) is 6.49. The van der Waals surface area contributed by atoms with E-state index in [0.717, 1.165) is 18.8 Å². The Morgan fingerprint density at radius 2 is 2.00 bits per heavy atom. The minimum Gasteiger partial charge on any atom is -0.468 e. The third kappa shape index (κ3) is 3.48. The number of carbonyl (C=O) groups excluding carboxylic acids is 2. The van der Waals surface area contributed by atoms with Crippen LogP contribution in [0.15, 0.2) is 24.3 Å². The molecule has 0 aliphatic carbocycles. The fraction of sp³-hybridized carbons (Fsp3) is 0.429. The summed E-state index contributed by atoms with van der Waals surface area (Å²) in [6.45, 7) is 2.67. The number of anilines is 1. The lowest BCUT2D eigenvalue weighted by atomic mass is 10.1. The van der Waals surface area contributed by atoms with Gasteiger partial charge in [0.15, 0.2) is 0 Å². The van der Waals surface area contributed by atoms with Crippen molar-refractivity contribution >= 4 is 17.6 Å². The standard InChI is InChI=1S/C14H18N2O4/c1-19-13(17)10-15-14(18)11-4-2-3-5-12(11)16-6-8-20-9-7-16/h2-5H,6-10H2,1H3,(H,15,18). The molecule has 0 radical (unpaired) electrons. The molecule has 1 aromatic rings. The third-order valence-electron chi connectivity index (χ3n) is 3.12. The van der Waals surface area contributed by atoms with Gasteiger partial charge >= 0.3 is 5.97 Å². The molecule has 6 heteroatoms. The lowest BCUT2D eigenvalue weighted by Gasteiger charge is -2.30. The maximum Gasteiger partial charge on any atom is 0.325 e. The summed E-state index contributed by atoms with van der Waals surface area (Å²) < 4.78 is 9.81. The Morgan fingerprint density at radius 1 is 1.30 bits per heavy atom. The van der Waals surface area contributed by atoms with Crippen LogP contribution in [-0.2, 0) is 14.3 Å². The molecule has 0 bridgehead atoms. The van der Waals surface area contributed by atoms with Crippen LogP contribution in [0.3, 0.4) is 0 Å². The second-order valence-corrected chi connectivity index (χ2v) is 4.38. The highest BCUT2D eigenvalue weighted by Gasteiger charge is 2.18. The Morgan fingerprint density at radius 3 is 2.70 bits per heavy atom. The Balaban J connectivity index is 2.10. The van der Waals surface area contributed by atoms with E-state index in [1.54, 1.807) is 12.1 Å². The summed E-state index contributed by atoms with van der Waals surface area (Å²) in [4.78, 5) is 25.3. The highest BCUT2D eigenvalue weighted by Crippen LogP contribution is 2.21. The van der Waals surface area contributed by atoms with Crippen molar-refractivity contribution in [1.29, 1.82) is 0 Å². The van der Waals surface area contributed by atoms with Crippen LogP contribution in [0.25, 0.3) is 0 Å². The van der Waals surface area contributed by atoms with Gasteiger partial charge in [-0.05, 0) is 12.1 Å². The Labute approximate surface area is 117 Å². The number of nitrogens with zero attached hydrogens (tertiary/aromatic N) is 1. The number of nitrogens with one attached hydrogen (secondary N) is 1. The molecule has 1 N–H and O–H groups in total. The summed E-state index contributed by atoms with van der Waals surface area (Å²) in [6.07, 6.45) is 0. The SMILES string of the molecule is COC(=O)CNC(=O)c1ccccc1N1CCOCC1. The molecule has 1 aliphatic heterocycles. The first-order valence-corrected chi connectivity index (χ1v) is 6.49. The highest BCUT2D eigenvalue weighted by atomic mass is 16.5. The first kappa shape index (κ1) is 14.3. The van der Waals surface area contributed by atoms with E-state index in [-0.39, 0.29) is 12.5 Å². The van der Waals surface area contributed by atoms with Crippen LogP contribution < -0.4 is 10.2 Å². The number of hydrogen-bond donors (Lipinski definition) is 1. The number of benzene rings is 1. The number of morpholine rings is 1. The van der Waals surface area contributed by atoms with E-state index in [0.29, 0.717) is 18.8 Å². The highest BCUT2D eigenvalue weighted by molar-refractivity contribution is 6.01. The normalized spacial score (nSPS) is 14.8. The largest absolute Gasteiger partial charge is 0.468 e. The van der Waals surface area contributed by atoms with Gasteiger partial charge in [-0.15, -0.1) is 0 Å². The summed E-state index contributed by atoms with van der Waals surface area (Å²) in [6, 6.07) is 7.34. The van der Waals surface area contributed by atoms with Gasteiger partial charge in [0.25, 0.3) is 5.91 Å². The molecule has 20 heavy (non-hydrogen) atoms. The van der Waals surface area contributed by atoms with Crippen molar-refractivity contribution in [2.75, 3.05) is 44.9 Å². The number of ether oxygens (including phenoxy) is 2. The van der Waals surface area contributed by atoms with Crippen LogP contribution in [0.4, 0.5) is 5.69 Å². The van der Waals surface area contributed by atoms with Crippen molar-refractivity contribution in [3.8, 4) is 0 Å². The average molecular weight is 278 g/mol. The smallest absolute Gasteiger partial charge is 0.325 e. The van der Waals surface area contributed by atoms with Gasteiger partial charge in [0.2, 0.25) is 0 Å². The maximum atomic E-state index is 12.2. The molecule has 1 amide bonds. The Bertz CT molecular complexity index is 484. The van der Waals surface area contributed by atoms with Crippen molar-refractivity contribution in [3.05, 3.63) is 29.8 Å². The number of methoxy groups -OCH3 is 1. The van der Waals surface area contributed by atoms with Gasteiger partial charge in [-0.2, -0.15) is 0 Å². The van der Waals surface area contributed by atoms with Gasteiger partial charge in [-0.25, -0.2) is 0 Å². The van der Waals surface area contributed by atoms with Crippen LogP contribution in [0, 0.1) is 0 Å². The monoisotopic (exact) mass is 278 g/mol. The first-order chi connectivity index (χ1) is 9.72. The lowest BCUT2D eigenvalue weighted by molar-refractivity contribution is -0.139. The molecule has 1 heterocycles. The minimum atomic E-state index is -0.470. The zero-order valence-electron chi connectivity index (χ0n) is 11.4. The van der Waals surface area contributed by atoms with Crippen molar-refractivity contribution in [2.45, 2.75) is 0 Å². The molecule has 0 atom stereocenters. The fourth-order valence-electron chi connectivity index (χ4n) is 2.07. The van der Waals surface area contributed by atoms with Crippen molar-refractivity contribution < 1.29 is 19.1 Å². The zero-order chi connectivity index (χ0) is 14.4. The molecule has 1 aliphatic rings. The van der Waals surface area contributed by atoms with Crippen LogP contribution >= 0.6 is 0 Å². The van der Waals surface area contributed by atoms with E-state index in [1.807, 2.05) is 12.1 Å². The molecule has 0 unspecified atom stereocenters. The predicted molar refractivity (Wildman–Crippen MR) is 73.8 cm³/mol. The Kier molecular flexibility index (Phi) is 4.95. The summed E-state index contributed by atoms with van der Waals surface area (Å²) in [5.41, 5.74) is 1.41. The zero-order valence-corrected chi connectivity index (χ0v) is 11.4.